The molecule has 2 aromatic carbocycles. The Balaban J connectivity index is 1.95. The Bertz CT molecular complexity index is 568. The van der Waals surface area contributed by atoms with Crippen LogP contribution in [0.25, 0.3) is 0 Å². The molecule has 2 aromatic rings. The summed E-state index contributed by atoms with van der Waals surface area (Å²) in [5.41, 5.74) is 2.43. The number of hydrogen-bond acceptors (Lipinski definition) is 2. The summed E-state index contributed by atoms with van der Waals surface area (Å²) in [7, 11) is 1.68. The van der Waals surface area contributed by atoms with E-state index in [1.54, 1.807) is 7.11 Å². The van der Waals surface area contributed by atoms with E-state index in [9.17, 15) is 0 Å². The molecule has 1 N–H and O–H groups in total. The molecule has 0 spiro atoms. The van der Waals surface area contributed by atoms with E-state index in [1.165, 1.54) is 11.1 Å². The van der Waals surface area contributed by atoms with Crippen LogP contribution in [0.4, 0.5) is 0 Å². The highest BCUT2D eigenvalue weighted by molar-refractivity contribution is 6.31. The molecule has 21 heavy (non-hydrogen) atoms. The van der Waals surface area contributed by atoms with E-state index in [0.29, 0.717) is 6.04 Å². The van der Waals surface area contributed by atoms with Crippen molar-refractivity contribution in [1.82, 2.24) is 5.32 Å². The Kier molecular flexibility index (Phi) is 5.66. The van der Waals surface area contributed by atoms with Crippen LogP contribution in [0.5, 0.6) is 5.75 Å². The van der Waals surface area contributed by atoms with E-state index in [1.807, 2.05) is 30.3 Å². The first kappa shape index (κ1) is 15.9. The molecule has 0 aromatic heterocycles. The molecule has 0 aliphatic rings. The zero-order valence-electron chi connectivity index (χ0n) is 12.8. The third-order valence-electron chi connectivity index (χ3n) is 3.63. The number of nitrogens with one attached hydrogen (secondary N) is 1. The van der Waals surface area contributed by atoms with Crippen LogP contribution in [0.15, 0.2) is 48.5 Å². The molecule has 0 bridgehead atoms. The van der Waals surface area contributed by atoms with Crippen LogP contribution >= 0.6 is 11.6 Å². The summed E-state index contributed by atoms with van der Waals surface area (Å²) in [4.78, 5) is 0. The van der Waals surface area contributed by atoms with Gasteiger partial charge in [-0.1, -0.05) is 41.9 Å². The second-order valence-corrected chi connectivity index (χ2v) is 5.77. The van der Waals surface area contributed by atoms with E-state index in [4.69, 9.17) is 16.3 Å². The first-order chi connectivity index (χ1) is 10.1. The number of methoxy groups -OCH3 is 1. The molecule has 3 heteroatoms. The van der Waals surface area contributed by atoms with Crippen LogP contribution < -0.4 is 10.1 Å². The Morgan fingerprint density at radius 2 is 1.71 bits per heavy atom. The molecule has 0 amide bonds. The molecule has 0 aliphatic heterocycles. The van der Waals surface area contributed by atoms with Gasteiger partial charge in [0.2, 0.25) is 0 Å². The van der Waals surface area contributed by atoms with Crippen LogP contribution in [-0.4, -0.2) is 13.2 Å². The lowest BCUT2D eigenvalue weighted by molar-refractivity contribution is 0.414. The molecule has 0 saturated carbocycles. The van der Waals surface area contributed by atoms with Crippen LogP contribution in [0, 0.1) is 0 Å². The summed E-state index contributed by atoms with van der Waals surface area (Å²) in [6, 6.07) is 16.8. The van der Waals surface area contributed by atoms with Gasteiger partial charge in [0.25, 0.3) is 0 Å². The molecule has 2 unspecified atom stereocenters. The number of hydrogen-bond donors (Lipinski definition) is 1. The first-order valence-corrected chi connectivity index (χ1v) is 7.61. The summed E-state index contributed by atoms with van der Waals surface area (Å²) in [5.74, 6) is 0.884. The molecule has 2 atom stereocenters. The maximum Gasteiger partial charge on any atom is 0.118 e. The van der Waals surface area contributed by atoms with Gasteiger partial charge in [0.1, 0.15) is 5.75 Å². The average molecular weight is 304 g/mol. The minimum Gasteiger partial charge on any atom is -0.497 e. The van der Waals surface area contributed by atoms with Gasteiger partial charge in [-0.3, -0.25) is 0 Å². The van der Waals surface area contributed by atoms with Gasteiger partial charge < -0.3 is 10.1 Å². The normalized spacial score (nSPS) is 13.7. The smallest absolute Gasteiger partial charge is 0.118 e. The van der Waals surface area contributed by atoms with Gasteiger partial charge in [0.05, 0.1) is 7.11 Å². The van der Waals surface area contributed by atoms with Crippen molar-refractivity contribution in [1.29, 1.82) is 0 Å². The molecular weight excluding hydrogens is 282 g/mol. The average Bonchev–Trinajstić information content (AvgIpc) is 2.49. The number of ether oxygens (including phenoxy) is 1. The highest BCUT2D eigenvalue weighted by Crippen LogP contribution is 2.20. The predicted molar refractivity (Wildman–Crippen MR) is 89.2 cm³/mol. The van der Waals surface area contributed by atoms with Crippen LogP contribution in [0.1, 0.15) is 31.0 Å². The Hall–Kier alpha value is -1.51. The zero-order chi connectivity index (χ0) is 15.2. The quantitative estimate of drug-likeness (QED) is 0.840. The molecular formula is C18H22ClNO. The van der Waals surface area contributed by atoms with Crippen molar-refractivity contribution in [2.24, 2.45) is 0 Å². The number of halogens is 1. The highest BCUT2D eigenvalue weighted by Gasteiger charge is 2.11. The van der Waals surface area contributed by atoms with Crippen molar-refractivity contribution >= 4 is 11.6 Å². The number of rotatable bonds is 6. The maximum absolute atomic E-state index is 6.21. The van der Waals surface area contributed by atoms with Crippen molar-refractivity contribution in [3.05, 3.63) is 64.7 Å². The monoisotopic (exact) mass is 303 g/mol. The fourth-order valence-corrected chi connectivity index (χ4v) is 2.68. The topological polar surface area (TPSA) is 21.3 Å². The van der Waals surface area contributed by atoms with Gasteiger partial charge in [0.15, 0.2) is 0 Å². The third-order valence-corrected chi connectivity index (χ3v) is 4.00. The predicted octanol–water partition coefficient (Wildman–Crippen LogP) is 4.63. The van der Waals surface area contributed by atoms with Crippen molar-refractivity contribution in [3.63, 3.8) is 0 Å². The molecule has 0 heterocycles. The lowest BCUT2D eigenvalue weighted by Gasteiger charge is -2.21. The second kappa shape index (κ2) is 7.48. The molecule has 0 aliphatic carbocycles. The first-order valence-electron chi connectivity index (χ1n) is 7.23. The highest BCUT2D eigenvalue weighted by atomic mass is 35.5. The largest absolute Gasteiger partial charge is 0.497 e. The fourth-order valence-electron chi connectivity index (χ4n) is 2.47. The van der Waals surface area contributed by atoms with Gasteiger partial charge in [-0.05, 0) is 49.6 Å². The fraction of sp³-hybridized carbons (Fsp3) is 0.333. The van der Waals surface area contributed by atoms with E-state index >= 15 is 0 Å². The summed E-state index contributed by atoms with van der Waals surface area (Å²) in [6.07, 6.45) is 0.917. The maximum atomic E-state index is 6.21. The van der Waals surface area contributed by atoms with Gasteiger partial charge in [-0.2, -0.15) is 0 Å². The molecule has 112 valence electrons. The third kappa shape index (κ3) is 4.48. The zero-order valence-corrected chi connectivity index (χ0v) is 13.5. The van der Waals surface area contributed by atoms with Crippen molar-refractivity contribution in [2.75, 3.05) is 7.11 Å². The van der Waals surface area contributed by atoms with E-state index in [0.717, 1.165) is 17.2 Å². The minimum atomic E-state index is 0.286. The van der Waals surface area contributed by atoms with Crippen molar-refractivity contribution in [3.8, 4) is 5.75 Å². The molecule has 0 radical (unpaired) electrons. The lowest BCUT2D eigenvalue weighted by Crippen LogP contribution is -2.30. The SMILES string of the molecule is COc1ccc(C(C)NC(C)Cc2ccccc2Cl)cc1. The van der Waals surface area contributed by atoms with Crippen LogP contribution in [-0.2, 0) is 6.42 Å². The summed E-state index contributed by atoms with van der Waals surface area (Å²) in [5, 5.41) is 4.45. The van der Waals surface area contributed by atoms with Gasteiger partial charge in [-0.15, -0.1) is 0 Å². The Labute approximate surface area is 132 Å². The summed E-state index contributed by atoms with van der Waals surface area (Å²) >= 11 is 6.21. The van der Waals surface area contributed by atoms with Crippen LogP contribution in [0.3, 0.4) is 0 Å². The molecule has 2 nitrogen and oxygen atoms in total. The van der Waals surface area contributed by atoms with Gasteiger partial charge in [-0.25, -0.2) is 0 Å². The summed E-state index contributed by atoms with van der Waals surface area (Å²) in [6.45, 7) is 4.36. The lowest BCUT2D eigenvalue weighted by atomic mass is 10.0. The second-order valence-electron chi connectivity index (χ2n) is 5.36. The Morgan fingerprint density at radius 1 is 1.05 bits per heavy atom. The van der Waals surface area contributed by atoms with E-state index in [-0.39, 0.29) is 6.04 Å². The van der Waals surface area contributed by atoms with Crippen molar-refractivity contribution in [2.45, 2.75) is 32.4 Å². The van der Waals surface area contributed by atoms with Gasteiger partial charge >= 0.3 is 0 Å². The van der Waals surface area contributed by atoms with E-state index < -0.39 is 0 Å². The molecule has 0 saturated heterocycles. The molecule has 2 rings (SSSR count). The van der Waals surface area contributed by atoms with Crippen LogP contribution in [0.2, 0.25) is 5.02 Å². The number of benzene rings is 2. The van der Waals surface area contributed by atoms with E-state index in [2.05, 4.69) is 37.4 Å². The Morgan fingerprint density at radius 3 is 2.33 bits per heavy atom. The minimum absolute atomic E-state index is 0.286. The molecule has 0 fully saturated rings. The van der Waals surface area contributed by atoms with Gasteiger partial charge in [0, 0.05) is 17.1 Å². The van der Waals surface area contributed by atoms with Crippen molar-refractivity contribution < 1.29 is 4.74 Å². The standard InChI is InChI=1S/C18H22ClNO/c1-13(12-16-6-4-5-7-18(16)19)20-14(2)15-8-10-17(21-3)11-9-15/h4-11,13-14,20H,12H2,1-3H3. The summed E-state index contributed by atoms with van der Waals surface area (Å²) < 4.78 is 5.19.